The van der Waals surface area contributed by atoms with Crippen LogP contribution in [-0.4, -0.2) is 62.0 Å². The number of nitrogens with zero attached hydrogens (tertiary/aromatic N) is 2. The number of hydrogen-bond donors (Lipinski definition) is 0. The summed E-state index contributed by atoms with van der Waals surface area (Å²) in [6.07, 6.45) is 0. The Hall–Kier alpha value is -1.39. The molecule has 1 aromatic rings. The van der Waals surface area contributed by atoms with Crippen LogP contribution in [-0.2, 0) is 0 Å². The molecule has 0 unspecified atom stereocenters. The molecule has 1 fully saturated rings. The zero-order valence-corrected chi connectivity index (χ0v) is 11.8. The van der Waals surface area contributed by atoms with Crippen LogP contribution in [0.25, 0.3) is 0 Å². The molecule has 0 spiro atoms. The first kappa shape index (κ1) is 14.0. The lowest BCUT2D eigenvalue weighted by Gasteiger charge is -2.31. The van der Waals surface area contributed by atoms with E-state index in [-0.39, 0.29) is 5.78 Å². The number of carbonyl (C=O) groups excluding carboxylic acids is 1. The van der Waals surface area contributed by atoms with E-state index in [9.17, 15) is 4.79 Å². The molecule has 1 saturated heterocycles. The maximum absolute atomic E-state index is 12.4. The molecule has 1 aliphatic rings. The van der Waals surface area contributed by atoms with Gasteiger partial charge in [0.15, 0.2) is 5.78 Å². The van der Waals surface area contributed by atoms with E-state index in [1.165, 1.54) is 0 Å². The Kier molecular flexibility index (Phi) is 4.93. The van der Waals surface area contributed by atoms with Crippen LogP contribution in [0.4, 0.5) is 0 Å². The molecule has 0 saturated carbocycles. The zero-order chi connectivity index (χ0) is 13.7. The third kappa shape index (κ3) is 3.78. The normalized spacial score (nSPS) is 17.4. The van der Waals surface area contributed by atoms with E-state index in [2.05, 4.69) is 16.8 Å². The number of benzene rings is 1. The quantitative estimate of drug-likeness (QED) is 0.753. The van der Waals surface area contributed by atoms with Crippen molar-refractivity contribution in [1.82, 2.24) is 9.80 Å². The average Bonchev–Trinajstić information content (AvgIpc) is 2.42. The molecule has 0 amide bonds. The molecule has 4 nitrogen and oxygen atoms in total. The largest absolute Gasteiger partial charge is 0.493 e. The molecular formula is C15H22N2O2. The summed E-state index contributed by atoms with van der Waals surface area (Å²) < 4.78 is 5.52. The van der Waals surface area contributed by atoms with Crippen molar-refractivity contribution < 1.29 is 9.53 Å². The first-order valence-electron chi connectivity index (χ1n) is 6.86. The second kappa shape index (κ2) is 6.68. The summed E-state index contributed by atoms with van der Waals surface area (Å²) in [6, 6.07) is 7.50. The molecular weight excluding hydrogens is 240 g/mol. The summed E-state index contributed by atoms with van der Waals surface area (Å²) in [5.74, 6) is 0.845. The minimum Gasteiger partial charge on any atom is -0.493 e. The van der Waals surface area contributed by atoms with Crippen LogP contribution in [0.5, 0.6) is 5.75 Å². The smallest absolute Gasteiger partial charge is 0.180 e. The molecule has 2 rings (SSSR count). The zero-order valence-electron chi connectivity index (χ0n) is 11.8. The molecule has 0 bridgehead atoms. The Morgan fingerprint density at radius 2 is 1.89 bits per heavy atom. The van der Waals surface area contributed by atoms with Gasteiger partial charge in [-0.15, -0.1) is 0 Å². The van der Waals surface area contributed by atoms with Gasteiger partial charge in [0.05, 0.1) is 18.7 Å². The van der Waals surface area contributed by atoms with E-state index in [0.717, 1.165) is 26.2 Å². The van der Waals surface area contributed by atoms with Gasteiger partial charge < -0.3 is 9.64 Å². The van der Waals surface area contributed by atoms with Crippen LogP contribution >= 0.6 is 0 Å². The lowest BCUT2D eigenvalue weighted by molar-refractivity contribution is 0.0873. The van der Waals surface area contributed by atoms with Crippen molar-refractivity contribution in [3.63, 3.8) is 0 Å². The van der Waals surface area contributed by atoms with Crippen molar-refractivity contribution in [2.24, 2.45) is 0 Å². The molecule has 1 aromatic carbocycles. The van der Waals surface area contributed by atoms with Crippen LogP contribution in [0.15, 0.2) is 24.3 Å². The predicted molar refractivity (Wildman–Crippen MR) is 75.9 cm³/mol. The average molecular weight is 262 g/mol. The molecule has 0 aliphatic carbocycles. The number of ether oxygens (including phenoxy) is 1. The monoisotopic (exact) mass is 262 g/mol. The Balaban J connectivity index is 1.99. The highest BCUT2D eigenvalue weighted by Crippen LogP contribution is 2.19. The van der Waals surface area contributed by atoms with Gasteiger partial charge >= 0.3 is 0 Å². The first-order chi connectivity index (χ1) is 9.20. The molecule has 19 heavy (non-hydrogen) atoms. The van der Waals surface area contributed by atoms with Crippen LogP contribution in [0.2, 0.25) is 0 Å². The summed E-state index contributed by atoms with van der Waals surface area (Å²) in [4.78, 5) is 16.9. The summed E-state index contributed by atoms with van der Waals surface area (Å²) in [7, 11) is 2.11. The lowest BCUT2D eigenvalue weighted by Crippen LogP contribution is -2.46. The van der Waals surface area contributed by atoms with E-state index < -0.39 is 0 Å². The van der Waals surface area contributed by atoms with E-state index in [1.807, 2.05) is 31.2 Å². The molecule has 0 atom stereocenters. The van der Waals surface area contributed by atoms with Gasteiger partial charge in [0.2, 0.25) is 0 Å². The fraction of sp³-hybridized carbons (Fsp3) is 0.533. The number of rotatable bonds is 5. The van der Waals surface area contributed by atoms with Gasteiger partial charge in [-0.3, -0.25) is 9.69 Å². The van der Waals surface area contributed by atoms with Gasteiger partial charge in [0, 0.05) is 26.2 Å². The Bertz CT molecular complexity index is 426. The first-order valence-corrected chi connectivity index (χ1v) is 6.86. The van der Waals surface area contributed by atoms with Crippen LogP contribution in [0.3, 0.4) is 0 Å². The van der Waals surface area contributed by atoms with E-state index in [0.29, 0.717) is 24.5 Å². The Labute approximate surface area is 115 Å². The number of ketones is 1. The van der Waals surface area contributed by atoms with Gasteiger partial charge in [-0.1, -0.05) is 12.1 Å². The fourth-order valence-corrected chi connectivity index (χ4v) is 2.27. The van der Waals surface area contributed by atoms with Gasteiger partial charge in [0.1, 0.15) is 5.75 Å². The van der Waals surface area contributed by atoms with Crippen molar-refractivity contribution in [1.29, 1.82) is 0 Å². The SMILES string of the molecule is CCOc1ccccc1C(=O)CN1CCN(C)CC1. The van der Waals surface area contributed by atoms with E-state index in [4.69, 9.17) is 4.74 Å². The van der Waals surface area contributed by atoms with Crippen molar-refractivity contribution in [3.05, 3.63) is 29.8 Å². The summed E-state index contributed by atoms with van der Waals surface area (Å²) in [5.41, 5.74) is 0.697. The second-order valence-electron chi connectivity index (χ2n) is 4.93. The van der Waals surface area contributed by atoms with Gasteiger partial charge in [0.25, 0.3) is 0 Å². The standard InChI is InChI=1S/C15H22N2O2/c1-3-19-15-7-5-4-6-13(15)14(18)12-17-10-8-16(2)9-11-17/h4-7H,3,8-12H2,1-2H3. The third-order valence-corrected chi connectivity index (χ3v) is 3.45. The highest BCUT2D eigenvalue weighted by Gasteiger charge is 2.19. The minimum absolute atomic E-state index is 0.147. The molecule has 1 aliphatic heterocycles. The van der Waals surface area contributed by atoms with Gasteiger partial charge in [-0.05, 0) is 26.1 Å². The molecule has 0 aromatic heterocycles. The predicted octanol–water partition coefficient (Wildman–Crippen LogP) is 1.52. The number of carbonyl (C=O) groups is 1. The Morgan fingerprint density at radius 3 is 2.58 bits per heavy atom. The van der Waals surface area contributed by atoms with Crippen molar-refractivity contribution in [2.45, 2.75) is 6.92 Å². The maximum Gasteiger partial charge on any atom is 0.180 e. The van der Waals surface area contributed by atoms with Crippen molar-refractivity contribution in [3.8, 4) is 5.75 Å². The molecule has 1 heterocycles. The summed E-state index contributed by atoms with van der Waals surface area (Å²) in [6.45, 7) is 6.97. The summed E-state index contributed by atoms with van der Waals surface area (Å²) >= 11 is 0. The topological polar surface area (TPSA) is 32.8 Å². The number of Topliss-reactive ketones (excluding diaryl/α,β-unsaturated/α-hetero) is 1. The molecule has 4 heteroatoms. The van der Waals surface area contributed by atoms with Crippen LogP contribution in [0.1, 0.15) is 17.3 Å². The van der Waals surface area contributed by atoms with E-state index in [1.54, 1.807) is 0 Å². The van der Waals surface area contributed by atoms with Gasteiger partial charge in [-0.2, -0.15) is 0 Å². The number of likely N-dealkylation sites (N-methyl/N-ethyl adjacent to an activating group) is 1. The van der Waals surface area contributed by atoms with Crippen molar-refractivity contribution >= 4 is 5.78 Å². The van der Waals surface area contributed by atoms with Crippen molar-refractivity contribution in [2.75, 3.05) is 46.4 Å². The molecule has 0 N–H and O–H groups in total. The van der Waals surface area contributed by atoms with Crippen LogP contribution in [0, 0.1) is 0 Å². The van der Waals surface area contributed by atoms with E-state index >= 15 is 0 Å². The number of para-hydroxylation sites is 1. The summed E-state index contributed by atoms with van der Waals surface area (Å²) in [5, 5.41) is 0. The number of hydrogen-bond acceptors (Lipinski definition) is 4. The minimum atomic E-state index is 0.147. The Morgan fingerprint density at radius 1 is 1.21 bits per heavy atom. The number of piperazine rings is 1. The maximum atomic E-state index is 12.4. The van der Waals surface area contributed by atoms with Crippen LogP contribution < -0.4 is 4.74 Å². The molecule has 0 radical (unpaired) electrons. The highest BCUT2D eigenvalue weighted by atomic mass is 16.5. The second-order valence-corrected chi connectivity index (χ2v) is 4.93. The molecule has 104 valence electrons. The lowest BCUT2D eigenvalue weighted by atomic mass is 10.1. The van der Waals surface area contributed by atoms with Gasteiger partial charge in [-0.25, -0.2) is 0 Å². The fourth-order valence-electron chi connectivity index (χ4n) is 2.27. The third-order valence-electron chi connectivity index (χ3n) is 3.45. The highest BCUT2D eigenvalue weighted by molar-refractivity contribution is 6.00.